The van der Waals surface area contributed by atoms with Crippen LogP contribution in [0.25, 0.3) is 0 Å². The third kappa shape index (κ3) is 7.93. The first-order chi connectivity index (χ1) is 10.0. The van der Waals surface area contributed by atoms with E-state index >= 15 is 0 Å². The molecule has 1 rings (SSSR count). The van der Waals surface area contributed by atoms with Crippen molar-refractivity contribution in [2.75, 3.05) is 24.6 Å². The summed E-state index contributed by atoms with van der Waals surface area (Å²) in [5.74, 6) is 7.19. The van der Waals surface area contributed by atoms with Gasteiger partial charge in [0.15, 0.2) is 0 Å². The van der Waals surface area contributed by atoms with Crippen molar-refractivity contribution in [3.63, 3.8) is 0 Å². The summed E-state index contributed by atoms with van der Waals surface area (Å²) in [6.45, 7) is 14.2. The molecule has 3 atom stereocenters. The number of thioether (sulfide) groups is 1. The first-order valence-electron chi connectivity index (χ1n) is 9.33. The van der Waals surface area contributed by atoms with Crippen LogP contribution in [-0.2, 0) is 0 Å². The van der Waals surface area contributed by atoms with Crippen LogP contribution in [-0.4, -0.2) is 24.6 Å². The molecule has 1 aliphatic rings. The predicted octanol–water partition coefficient (Wildman–Crippen LogP) is 5.45. The Morgan fingerprint density at radius 2 is 1.86 bits per heavy atom. The Bertz CT molecular complexity index is 250. The zero-order chi connectivity index (χ0) is 15.7. The Kier molecular flexibility index (Phi) is 10.1. The molecule has 0 spiro atoms. The molecule has 0 aromatic heterocycles. The fraction of sp³-hybridized carbons (Fsp3) is 1.00. The lowest BCUT2D eigenvalue weighted by Crippen LogP contribution is -2.35. The molecule has 0 radical (unpaired) electrons. The zero-order valence-electron chi connectivity index (χ0n) is 15.2. The van der Waals surface area contributed by atoms with Gasteiger partial charge in [0.05, 0.1) is 0 Å². The minimum atomic E-state index is 0.774. The van der Waals surface area contributed by atoms with Crippen molar-refractivity contribution < 1.29 is 0 Å². The maximum absolute atomic E-state index is 3.72. The van der Waals surface area contributed by atoms with Gasteiger partial charge in [0.1, 0.15) is 0 Å². The SMILES string of the molecule is CCSCCCC1CC(C(C)C)CCC1CNCC(C)C. The van der Waals surface area contributed by atoms with Crippen molar-refractivity contribution >= 4 is 11.8 Å². The summed E-state index contributed by atoms with van der Waals surface area (Å²) in [7, 11) is 0. The quantitative estimate of drug-likeness (QED) is 0.538. The van der Waals surface area contributed by atoms with Crippen LogP contribution in [0.4, 0.5) is 0 Å². The van der Waals surface area contributed by atoms with E-state index in [4.69, 9.17) is 0 Å². The number of hydrogen-bond acceptors (Lipinski definition) is 2. The smallest absolute Gasteiger partial charge is 0.00178 e. The van der Waals surface area contributed by atoms with Crippen LogP contribution in [0.5, 0.6) is 0 Å². The van der Waals surface area contributed by atoms with E-state index in [1.54, 1.807) is 0 Å². The molecular weight excluding hydrogens is 274 g/mol. The van der Waals surface area contributed by atoms with E-state index in [9.17, 15) is 0 Å². The summed E-state index contributed by atoms with van der Waals surface area (Å²) in [6.07, 6.45) is 7.30. The van der Waals surface area contributed by atoms with Gasteiger partial charge in [-0.05, 0) is 86.3 Å². The summed E-state index contributed by atoms with van der Waals surface area (Å²) >= 11 is 2.11. The molecule has 3 unspecified atom stereocenters. The van der Waals surface area contributed by atoms with Gasteiger partial charge < -0.3 is 5.32 Å². The Labute approximate surface area is 138 Å². The van der Waals surface area contributed by atoms with Crippen LogP contribution in [0.1, 0.15) is 66.7 Å². The predicted molar refractivity (Wildman–Crippen MR) is 99.1 cm³/mol. The van der Waals surface area contributed by atoms with Gasteiger partial charge in [-0.15, -0.1) is 0 Å². The monoisotopic (exact) mass is 313 g/mol. The van der Waals surface area contributed by atoms with E-state index in [1.807, 2.05) is 0 Å². The third-order valence-electron chi connectivity index (χ3n) is 5.15. The second kappa shape index (κ2) is 10.9. The fourth-order valence-electron chi connectivity index (χ4n) is 3.74. The molecule has 1 saturated carbocycles. The molecule has 0 bridgehead atoms. The summed E-state index contributed by atoms with van der Waals surface area (Å²) in [5, 5.41) is 3.72. The molecule has 0 aliphatic heterocycles. The first-order valence-corrected chi connectivity index (χ1v) is 10.5. The molecule has 0 aromatic carbocycles. The first kappa shape index (κ1) is 19.4. The second-order valence-electron chi connectivity index (χ2n) is 7.73. The fourth-order valence-corrected chi connectivity index (χ4v) is 4.40. The van der Waals surface area contributed by atoms with Crippen molar-refractivity contribution in [2.45, 2.75) is 66.7 Å². The number of nitrogens with one attached hydrogen (secondary N) is 1. The topological polar surface area (TPSA) is 12.0 Å². The van der Waals surface area contributed by atoms with Crippen molar-refractivity contribution in [1.82, 2.24) is 5.32 Å². The van der Waals surface area contributed by atoms with Crippen LogP contribution >= 0.6 is 11.8 Å². The normalized spacial score (nSPS) is 26.7. The van der Waals surface area contributed by atoms with Gasteiger partial charge in [-0.1, -0.05) is 34.6 Å². The van der Waals surface area contributed by atoms with Crippen LogP contribution in [0, 0.1) is 29.6 Å². The van der Waals surface area contributed by atoms with Gasteiger partial charge in [0.2, 0.25) is 0 Å². The maximum Gasteiger partial charge on any atom is -0.00178 e. The number of rotatable bonds is 10. The minimum absolute atomic E-state index is 0.774. The summed E-state index contributed by atoms with van der Waals surface area (Å²) in [4.78, 5) is 0. The highest BCUT2D eigenvalue weighted by molar-refractivity contribution is 7.99. The third-order valence-corrected chi connectivity index (χ3v) is 6.14. The molecule has 0 amide bonds. The minimum Gasteiger partial charge on any atom is -0.316 e. The molecule has 1 fully saturated rings. The van der Waals surface area contributed by atoms with Crippen molar-refractivity contribution in [2.24, 2.45) is 29.6 Å². The summed E-state index contributed by atoms with van der Waals surface area (Å²) in [6, 6.07) is 0. The lowest BCUT2D eigenvalue weighted by molar-refractivity contribution is 0.137. The van der Waals surface area contributed by atoms with Crippen LogP contribution < -0.4 is 5.32 Å². The Morgan fingerprint density at radius 1 is 1.10 bits per heavy atom. The average Bonchev–Trinajstić information content (AvgIpc) is 2.44. The van der Waals surface area contributed by atoms with Crippen molar-refractivity contribution in [1.29, 1.82) is 0 Å². The van der Waals surface area contributed by atoms with Gasteiger partial charge in [-0.25, -0.2) is 0 Å². The maximum atomic E-state index is 3.72. The molecule has 126 valence electrons. The van der Waals surface area contributed by atoms with Crippen LogP contribution in [0.2, 0.25) is 0 Å². The van der Waals surface area contributed by atoms with E-state index in [2.05, 4.69) is 51.7 Å². The average molecular weight is 314 g/mol. The lowest BCUT2D eigenvalue weighted by atomic mass is 9.69. The zero-order valence-corrected chi connectivity index (χ0v) is 16.0. The molecule has 0 heterocycles. The Balaban J connectivity index is 2.41. The number of hydrogen-bond donors (Lipinski definition) is 1. The van der Waals surface area contributed by atoms with E-state index in [-0.39, 0.29) is 0 Å². The highest BCUT2D eigenvalue weighted by atomic mass is 32.2. The summed E-state index contributed by atoms with van der Waals surface area (Å²) < 4.78 is 0. The molecular formula is C19H39NS. The van der Waals surface area contributed by atoms with Gasteiger partial charge in [0, 0.05) is 0 Å². The molecule has 0 saturated heterocycles. The highest BCUT2D eigenvalue weighted by Crippen LogP contribution is 2.39. The van der Waals surface area contributed by atoms with Gasteiger partial charge in [0.25, 0.3) is 0 Å². The summed E-state index contributed by atoms with van der Waals surface area (Å²) in [5.41, 5.74) is 0. The highest BCUT2D eigenvalue weighted by Gasteiger charge is 2.31. The van der Waals surface area contributed by atoms with E-state index in [0.717, 1.165) is 29.6 Å². The van der Waals surface area contributed by atoms with Gasteiger partial charge >= 0.3 is 0 Å². The Morgan fingerprint density at radius 3 is 2.48 bits per heavy atom. The van der Waals surface area contributed by atoms with Crippen LogP contribution in [0.3, 0.4) is 0 Å². The van der Waals surface area contributed by atoms with Gasteiger partial charge in [-0.3, -0.25) is 0 Å². The molecule has 1 aliphatic carbocycles. The lowest BCUT2D eigenvalue weighted by Gasteiger charge is -2.38. The largest absolute Gasteiger partial charge is 0.316 e. The molecule has 2 heteroatoms. The van der Waals surface area contributed by atoms with E-state index in [1.165, 1.54) is 56.7 Å². The standard InChI is InChI=1S/C19H39NS/c1-6-21-11-7-8-18-12-17(16(4)5)9-10-19(18)14-20-13-15(2)3/h15-20H,6-14H2,1-5H3. The van der Waals surface area contributed by atoms with E-state index < -0.39 is 0 Å². The van der Waals surface area contributed by atoms with Gasteiger partial charge in [-0.2, -0.15) is 11.8 Å². The molecule has 1 nitrogen and oxygen atoms in total. The Hall–Kier alpha value is 0.310. The van der Waals surface area contributed by atoms with E-state index in [0.29, 0.717) is 0 Å². The van der Waals surface area contributed by atoms with Crippen molar-refractivity contribution in [3.05, 3.63) is 0 Å². The van der Waals surface area contributed by atoms with Crippen molar-refractivity contribution in [3.8, 4) is 0 Å². The molecule has 1 N–H and O–H groups in total. The molecule has 21 heavy (non-hydrogen) atoms. The second-order valence-corrected chi connectivity index (χ2v) is 9.12. The molecule has 0 aromatic rings. The van der Waals surface area contributed by atoms with Crippen LogP contribution in [0.15, 0.2) is 0 Å².